The lowest BCUT2D eigenvalue weighted by Crippen LogP contribution is -2.63. The fourth-order valence-corrected chi connectivity index (χ4v) is 4.21. The van der Waals surface area contributed by atoms with Crippen LogP contribution in [0.25, 0.3) is 0 Å². The van der Waals surface area contributed by atoms with Gasteiger partial charge in [-0.25, -0.2) is 0 Å². The van der Waals surface area contributed by atoms with Crippen LogP contribution in [-0.4, -0.2) is 73.3 Å². The summed E-state index contributed by atoms with van der Waals surface area (Å²) < 4.78 is 11.5. The van der Waals surface area contributed by atoms with E-state index in [-0.39, 0.29) is 11.5 Å². The fraction of sp³-hybridized carbons (Fsp3) is 0.667. The minimum atomic E-state index is -0.0886. The molecule has 5 nitrogen and oxygen atoms in total. The summed E-state index contributed by atoms with van der Waals surface area (Å²) in [6, 6.07) is 2.39. The maximum Gasteiger partial charge on any atom is 0.254 e. The van der Waals surface area contributed by atoms with Crippen molar-refractivity contribution in [3.63, 3.8) is 0 Å². The third kappa shape index (κ3) is 2.50. The highest BCUT2D eigenvalue weighted by molar-refractivity contribution is 7.08. The van der Waals surface area contributed by atoms with Crippen molar-refractivity contribution in [3.05, 3.63) is 22.4 Å². The first-order valence-corrected chi connectivity index (χ1v) is 8.47. The molecule has 4 rings (SSSR count). The van der Waals surface area contributed by atoms with Gasteiger partial charge in [-0.15, -0.1) is 0 Å². The van der Waals surface area contributed by atoms with Gasteiger partial charge in [0.05, 0.1) is 38.5 Å². The van der Waals surface area contributed by atoms with Crippen molar-refractivity contribution < 1.29 is 14.3 Å². The summed E-state index contributed by atoms with van der Waals surface area (Å²) in [5.74, 6) is 0.139. The number of hydrogen-bond acceptors (Lipinski definition) is 5. The van der Waals surface area contributed by atoms with Crippen molar-refractivity contribution in [1.29, 1.82) is 0 Å². The molecule has 3 aliphatic heterocycles. The van der Waals surface area contributed by atoms with Crippen LogP contribution in [0.15, 0.2) is 16.8 Å². The zero-order valence-electron chi connectivity index (χ0n) is 12.0. The van der Waals surface area contributed by atoms with E-state index in [4.69, 9.17) is 9.47 Å². The smallest absolute Gasteiger partial charge is 0.254 e. The molecular weight excluding hydrogens is 288 g/mol. The summed E-state index contributed by atoms with van der Waals surface area (Å²) in [6.07, 6.45) is 1.04. The van der Waals surface area contributed by atoms with Crippen molar-refractivity contribution >= 4 is 17.2 Å². The van der Waals surface area contributed by atoms with Crippen LogP contribution in [0.2, 0.25) is 0 Å². The van der Waals surface area contributed by atoms with Gasteiger partial charge < -0.3 is 14.4 Å². The Kier molecular flexibility index (Phi) is 3.49. The first-order chi connectivity index (χ1) is 10.3. The molecule has 3 fully saturated rings. The summed E-state index contributed by atoms with van der Waals surface area (Å²) in [5.41, 5.74) is 0.715. The van der Waals surface area contributed by atoms with E-state index in [0.29, 0.717) is 6.04 Å². The Morgan fingerprint density at radius 3 is 2.86 bits per heavy atom. The van der Waals surface area contributed by atoms with Gasteiger partial charge in [-0.2, -0.15) is 11.3 Å². The first kappa shape index (κ1) is 13.7. The van der Waals surface area contributed by atoms with Gasteiger partial charge in [0.15, 0.2) is 0 Å². The van der Waals surface area contributed by atoms with Crippen LogP contribution in [0.1, 0.15) is 16.8 Å². The van der Waals surface area contributed by atoms with Gasteiger partial charge in [-0.05, 0) is 17.9 Å². The molecule has 114 valence electrons. The summed E-state index contributed by atoms with van der Waals surface area (Å²) in [7, 11) is 0. The predicted molar refractivity (Wildman–Crippen MR) is 79.7 cm³/mol. The SMILES string of the molecule is O=C(c1ccsc1)N1CC2(C[C@H](N3CCOCC3)CO2)C1. The number of carbonyl (C=O) groups is 1. The van der Waals surface area contributed by atoms with Crippen LogP contribution in [0.5, 0.6) is 0 Å². The molecule has 0 unspecified atom stereocenters. The summed E-state index contributed by atoms with van der Waals surface area (Å²) >= 11 is 1.57. The van der Waals surface area contributed by atoms with E-state index >= 15 is 0 Å². The van der Waals surface area contributed by atoms with Gasteiger partial charge in [-0.1, -0.05) is 0 Å². The Hall–Kier alpha value is -0.950. The van der Waals surface area contributed by atoms with Crippen LogP contribution >= 0.6 is 11.3 Å². The largest absolute Gasteiger partial charge is 0.379 e. The molecule has 0 N–H and O–H groups in total. The maximum atomic E-state index is 12.3. The lowest BCUT2D eigenvalue weighted by molar-refractivity contribution is -0.0951. The highest BCUT2D eigenvalue weighted by Gasteiger charge is 2.52. The Bertz CT molecular complexity index is 507. The predicted octanol–water partition coefficient (Wildman–Crippen LogP) is 1.06. The van der Waals surface area contributed by atoms with Crippen LogP contribution < -0.4 is 0 Å². The van der Waals surface area contributed by atoms with Gasteiger partial charge in [-0.3, -0.25) is 9.69 Å². The monoisotopic (exact) mass is 308 g/mol. The Morgan fingerprint density at radius 2 is 2.14 bits per heavy atom. The molecule has 4 heterocycles. The van der Waals surface area contributed by atoms with E-state index in [9.17, 15) is 4.79 Å². The quantitative estimate of drug-likeness (QED) is 0.819. The number of rotatable bonds is 2. The topological polar surface area (TPSA) is 42.0 Å². The molecule has 0 radical (unpaired) electrons. The van der Waals surface area contributed by atoms with Crippen molar-refractivity contribution in [2.75, 3.05) is 46.0 Å². The first-order valence-electron chi connectivity index (χ1n) is 7.53. The molecule has 1 aromatic rings. The number of hydrogen-bond donors (Lipinski definition) is 0. The molecule has 0 saturated carbocycles. The van der Waals surface area contributed by atoms with Crippen molar-refractivity contribution in [3.8, 4) is 0 Å². The number of carbonyl (C=O) groups excluding carboxylic acids is 1. The van der Waals surface area contributed by atoms with Crippen molar-refractivity contribution in [2.45, 2.75) is 18.1 Å². The van der Waals surface area contributed by atoms with E-state index < -0.39 is 0 Å². The zero-order valence-corrected chi connectivity index (χ0v) is 12.8. The number of ether oxygens (including phenoxy) is 2. The van der Waals surface area contributed by atoms with E-state index in [1.54, 1.807) is 11.3 Å². The molecule has 1 aromatic heterocycles. The van der Waals surface area contributed by atoms with Gasteiger partial charge in [0.1, 0.15) is 5.60 Å². The Balaban J connectivity index is 1.33. The van der Waals surface area contributed by atoms with Crippen LogP contribution in [0.4, 0.5) is 0 Å². The molecule has 3 saturated heterocycles. The molecular formula is C15H20N2O3S. The Labute approximate surface area is 128 Å². The van der Waals surface area contributed by atoms with Gasteiger partial charge >= 0.3 is 0 Å². The van der Waals surface area contributed by atoms with E-state index in [0.717, 1.165) is 58.0 Å². The number of likely N-dealkylation sites (tertiary alicyclic amines) is 1. The van der Waals surface area contributed by atoms with E-state index in [1.807, 2.05) is 21.7 Å². The summed E-state index contributed by atoms with van der Waals surface area (Å²) in [6.45, 7) is 5.92. The molecule has 0 aromatic carbocycles. The minimum Gasteiger partial charge on any atom is -0.379 e. The maximum absolute atomic E-state index is 12.3. The van der Waals surface area contributed by atoms with Gasteiger partial charge in [0.25, 0.3) is 5.91 Å². The second-order valence-corrected chi connectivity index (χ2v) is 6.95. The number of nitrogens with zero attached hydrogens (tertiary/aromatic N) is 2. The molecule has 21 heavy (non-hydrogen) atoms. The number of morpholine rings is 1. The second-order valence-electron chi connectivity index (χ2n) is 6.17. The number of thiophene rings is 1. The number of amides is 1. The average molecular weight is 308 g/mol. The molecule has 0 aliphatic carbocycles. The van der Waals surface area contributed by atoms with Crippen LogP contribution in [0, 0.1) is 0 Å². The van der Waals surface area contributed by atoms with E-state index in [2.05, 4.69) is 4.90 Å². The fourth-order valence-electron chi connectivity index (χ4n) is 3.58. The highest BCUT2D eigenvalue weighted by atomic mass is 32.1. The van der Waals surface area contributed by atoms with E-state index in [1.165, 1.54) is 0 Å². The standard InChI is InChI=1S/C15H20N2O3S/c18-14(12-1-6-21-9-12)17-10-15(11-17)7-13(8-20-15)16-2-4-19-5-3-16/h1,6,9,13H,2-5,7-8,10-11H2/t13-/m0/s1. The molecule has 6 heteroatoms. The zero-order chi connectivity index (χ0) is 14.3. The third-order valence-corrected chi connectivity index (χ3v) is 5.45. The second kappa shape index (κ2) is 5.35. The molecule has 3 aliphatic rings. The molecule has 0 bridgehead atoms. The van der Waals surface area contributed by atoms with Crippen LogP contribution in [0.3, 0.4) is 0 Å². The van der Waals surface area contributed by atoms with Gasteiger partial charge in [0.2, 0.25) is 0 Å². The molecule has 1 atom stereocenters. The lowest BCUT2D eigenvalue weighted by Gasteiger charge is -2.47. The molecule has 1 spiro atoms. The minimum absolute atomic E-state index is 0.0886. The highest BCUT2D eigenvalue weighted by Crippen LogP contribution is 2.37. The summed E-state index contributed by atoms with van der Waals surface area (Å²) in [4.78, 5) is 16.6. The lowest BCUT2D eigenvalue weighted by atomic mass is 9.88. The van der Waals surface area contributed by atoms with Crippen LogP contribution in [-0.2, 0) is 9.47 Å². The molecule has 1 amide bonds. The Morgan fingerprint density at radius 1 is 1.33 bits per heavy atom. The average Bonchev–Trinajstić information content (AvgIpc) is 3.15. The summed E-state index contributed by atoms with van der Waals surface area (Å²) in [5, 5.41) is 3.86. The third-order valence-electron chi connectivity index (χ3n) is 4.76. The van der Waals surface area contributed by atoms with Crippen molar-refractivity contribution in [1.82, 2.24) is 9.80 Å². The normalized spacial score (nSPS) is 28.8. The van der Waals surface area contributed by atoms with Crippen molar-refractivity contribution in [2.24, 2.45) is 0 Å². The van der Waals surface area contributed by atoms with Gasteiger partial charge in [0, 0.05) is 24.5 Å².